The van der Waals surface area contributed by atoms with Crippen molar-refractivity contribution in [2.75, 3.05) is 17.7 Å². The molecule has 2 atom stereocenters. The monoisotopic (exact) mass is 294 g/mol. The minimum absolute atomic E-state index is 0.0572. The van der Waals surface area contributed by atoms with Gasteiger partial charge < -0.3 is 15.8 Å². The summed E-state index contributed by atoms with van der Waals surface area (Å²) in [5.41, 5.74) is 6.07. The Morgan fingerprint density at radius 1 is 1.33 bits per heavy atom. The number of nitrogens with one attached hydrogen (secondary N) is 1. The number of rotatable bonds is 4. The summed E-state index contributed by atoms with van der Waals surface area (Å²) in [5, 5.41) is 2.49. The van der Waals surface area contributed by atoms with E-state index in [0.29, 0.717) is 17.5 Å². The van der Waals surface area contributed by atoms with Crippen LogP contribution in [0.3, 0.4) is 0 Å². The Morgan fingerprint density at radius 3 is 2.67 bits per heavy atom. The molecular weight excluding hydrogens is 271 g/mol. The van der Waals surface area contributed by atoms with Gasteiger partial charge in [-0.25, -0.2) is 4.39 Å². The molecule has 1 amide bonds. The lowest BCUT2D eigenvalue weighted by molar-refractivity contribution is -0.124. The van der Waals surface area contributed by atoms with E-state index >= 15 is 0 Å². The van der Waals surface area contributed by atoms with Gasteiger partial charge in [0.15, 0.2) is 0 Å². The van der Waals surface area contributed by atoms with Gasteiger partial charge in [0.05, 0.1) is 11.8 Å². The number of hydrogen-bond acceptors (Lipinski definition) is 3. The second-order valence-electron chi connectivity index (χ2n) is 6.14. The highest BCUT2D eigenvalue weighted by molar-refractivity contribution is 5.92. The molecule has 0 aromatic heterocycles. The normalized spacial score (nSPS) is 25.6. The SMILES string of the molecule is CC1CC(C)CC(OCC(=O)Nc2cc(N)ccc2F)C1. The number of halogens is 1. The Hall–Kier alpha value is -1.62. The molecule has 0 bridgehead atoms. The summed E-state index contributed by atoms with van der Waals surface area (Å²) in [7, 11) is 0. The molecule has 1 aliphatic carbocycles. The van der Waals surface area contributed by atoms with Gasteiger partial charge >= 0.3 is 0 Å². The first-order chi connectivity index (χ1) is 9.94. The van der Waals surface area contributed by atoms with Crippen molar-refractivity contribution in [2.24, 2.45) is 11.8 Å². The minimum Gasteiger partial charge on any atom is -0.399 e. The number of anilines is 2. The summed E-state index contributed by atoms with van der Waals surface area (Å²) in [6.07, 6.45) is 3.27. The topological polar surface area (TPSA) is 64.3 Å². The number of carbonyl (C=O) groups excluding carboxylic acids is 1. The van der Waals surface area contributed by atoms with Crippen LogP contribution >= 0.6 is 0 Å². The summed E-state index contributed by atoms with van der Waals surface area (Å²) < 4.78 is 19.2. The third-order valence-corrected chi connectivity index (χ3v) is 3.85. The van der Waals surface area contributed by atoms with E-state index in [0.717, 1.165) is 12.8 Å². The second-order valence-corrected chi connectivity index (χ2v) is 6.14. The van der Waals surface area contributed by atoms with E-state index in [-0.39, 0.29) is 24.3 Å². The van der Waals surface area contributed by atoms with Gasteiger partial charge in [0.1, 0.15) is 12.4 Å². The smallest absolute Gasteiger partial charge is 0.250 e. The molecule has 0 aliphatic heterocycles. The molecule has 1 fully saturated rings. The molecule has 1 aliphatic rings. The van der Waals surface area contributed by atoms with Crippen molar-refractivity contribution in [1.29, 1.82) is 0 Å². The van der Waals surface area contributed by atoms with Gasteiger partial charge in [-0.15, -0.1) is 0 Å². The fraction of sp³-hybridized carbons (Fsp3) is 0.562. The lowest BCUT2D eigenvalue weighted by Crippen LogP contribution is -2.30. The van der Waals surface area contributed by atoms with Gasteiger partial charge in [0.2, 0.25) is 5.91 Å². The zero-order valence-electron chi connectivity index (χ0n) is 12.6. The van der Waals surface area contributed by atoms with Gasteiger partial charge in [0.25, 0.3) is 0 Å². The van der Waals surface area contributed by atoms with E-state index in [1.54, 1.807) is 0 Å². The Balaban J connectivity index is 1.83. The lowest BCUT2D eigenvalue weighted by Gasteiger charge is -2.31. The van der Waals surface area contributed by atoms with Gasteiger partial charge in [-0.1, -0.05) is 13.8 Å². The molecule has 1 aromatic rings. The summed E-state index contributed by atoms with van der Waals surface area (Å²) in [6.45, 7) is 4.35. The van der Waals surface area contributed by atoms with Crippen molar-refractivity contribution in [2.45, 2.75) is 39.2 Å². The Bertz CT molecular complexity index is 497. The zero-order valence-corrected chi connectivity index (χ0v) is 12.6. The number of carbonyl (C=O) groups is 1. The Labute approximate surface area is 124 Å². The van der Waals surface area contributed by atoms with E-state index in [2.05, 4.69) is 19.2 Å². The quantitative estimate of drug-likeness (QED) is 0.838. The maximum atomic E-state index is 13.5. The maximum Gasteiger partial charge on any atom is 0.250 e. The average Bonchev–Trinajstić information content (AvgIpc) is 2.40. The lowest BCUT2D eigenvalue weighted by atomic mass is 9.82. The molecular formula is C16H23FN2O2. The molecule has 116 valence electrons. The van der Waals surface area contributed by atoms with E-state index in [4.69, 9.17) is 10.5 Å². The van der Waals surface area contributed by atoms with Gasteiger partial charge in [-0.2, -0.15) is 0 Å². The van der Waals surface area contributed by atoms with Crippen molar-refractivity contribution in [1.82, 2.24) is 0 Å². The first-order valence-corrected chi connectivity index (χ1v) is 7.40. The van der Waals surface area contributed by atoms with Gasteiger partial charge in [-0.05, 0) is 49.3 Å². The van der Waals surface area contributed by atoms with E-state index < -0.39 is 5.82 Å². The first-order valence-electron chi connectivity index (χ1n) is 7.40. The molecule has 21 heavy (non-hydrogen) atoms. The molecule has 2 unspecified atom stereocenters. The van der Waals surface area contributed by atoms with Crippen LogP contribution in [0.15, 0.2) is 18.2 Å². The van der Waals surface area contributed by atoms with Crippen LogP contribution in [0, 0.1) is 17.7 Å². The number of benzene rings is 1. The number of ether oxygens (including phenoxy) is 1. The molecule has 5 heteroatoms. The highest BCUT2D eigenvalue weighted by Gasteiger charge is 2.25. The van der Waals surface area contributed by atoms with Crippen LogP contribution in [0.4, 0.5) is 15.8 Å². The van der Waals surface area contributed by atoms with Crippen LogP contribution in [0.25, 0.3) is 0 Å². The van der Waals surface area contributed by atoms with Crippen LogP contribution in [0.2, 0.25) is 0 Å². The molecule has 1 saturated carbocycles. The van der Waals surface area contributed by atoms with Gasteiger partial charge in [0, 0.05) is 5.69 Å². The van der Waals surface area contributed by atoms with Crippen molar-refractivity contribution >= 4 is 17.3 Å². The van der Waals surface area contributed by atoms with Crippen molar-refractivity contribution < 1.29 is 13.9 Å². The van der Waals surface area contributed by atoms with E-state index in [1.807, 2.05) is 0 Å². The molecule has 0 heterocycles. The van der Waals surface area contributed by atoms with Crippen molar-refractivity contribution in [3.05, 3.63) is 24.0 Å². The molecule has 0 spiro atoms. The fourth-order valence-electron chi connectivity index (χ4n) is 3.03. The molecule has 2 rings (SSSR count). The summed E-state index contributed by atoms with van der Waals surface area (Å²) in [5.74, 6) is 0.379. The third-order valence-electron chi connectivity index (χ3n) is 3.85. The number of nitrogen functional groups attached to an aromatic ring is 1. The van der Waals surface area contributed by atoms with Crippen LogP contribution in [0.5, 0.6) is 0 Å². The van der Waals surface area contributed by atoms with Crippen molar-refractivity contribution in [3.8, 4) is 0 Å². The van der Waals surface area contributed by atoms with Crippen molar-refractivity contribution in [3.63, 3.8) is 0 Å². The fourth-order valence-corrected chi connectivity index (χ4v) is 3.03. The van der Waals surface area contributed by atoms with Crippen LogP contribution < -0.4 is 11.1 Å². The average molecular weight is 294 g/mol. The molecule has 4 nitrogen and oxygen atoms in total. The Morgan fingerprint density at radius 2 is 2.00 bits per heavy atom. The minimum atomic E-state index is -0.502. The van der Waals surface area contributed by atoms with E-state index in [1.165, 1.54) is 24.6 Å². The molecule has 0 radical (unpaired) electrons. The van der Waals surface area contributed by atoms with Crippen LogP contribution in [-0.2, 0) is 9.53 Å². The molecule has 0 saturated heterocycles. The molecule has 1 aromatic carbocycles. The largest absolute Gasteiger partial charge is 0.399 e. The van der Waals surface area contributed by atoms with Gasteiger partial charge in [-0.3, -0.25) is 4.79 Å². The number of amides is 1. The Kier molecular flexibility index (Phi) is 5.17. The predicted molar refractivity (Wildman–Crippen MR) is 81.4 cm³/mol. The summed E-state index contributed by atoms with van der Waals surface area (Å²) >= 11 is 0. The zero-order chi connectivity index (χ0) is 15.4. The highest BCUT2D eigenvalue weighted by atomic mass is 19.1. The molecule has 3 N–H and O–H groups in total. The maximum absolute atomic E-state index is 13.5. The predicted octanol–water partition coefficient (Wildman–Crippen LogP) is 3.19. The van der Waals surface area contributed by atoms with Crippen LogP contribution in [-0.4, -0.2) is 18.6 Å². The van der Waals surface area contributed by atoms with Crippen LogP contribution in [0.1, 0.15) is 33.1 Å². The number of hydrogen-bond donors (Lipinski definition) is 2. The summed E-state index contributed by atoms with van der Waals surface area (Å²) in [4.78, 5) is 11.8. The summed E-state index contributed by atoms with van der Waals surface area (Å²) in [6, 6.07) is 4.08. The first kappa shape index (κ1) is 15.8. The van der Waals surface area contributed by atoms with E-state index in [9.17, 15) is 9.18 Å². The standard InChI is InChI=1S/C16H23FN2O2/c1-10-5-11(2)7-13(6-10)21-9-16(20)19-15-8-12(18)3-4-14(15)17/h3-4,8,10-11,13H,5-7,9,18H2,1-2H3,(H,19,20). The third kappa shape index (κ3) is 4.70. The second kappa shape index (κ2) is 6.89. The highest BCUT2D eigenvalue weighted by Crippen LogP contribution is 2.30. The number of nitrogens with two attached hydrogens (primary N) is 1.